The lowest BCUT2D eigenvalue weighted by molar-refractivity contribution is -0.116. The van der Waals surface area contributed by atoms with Gasteiger partial charge in [0.1, 0.15) is 23.2 Å². The van der Waals surface area contributed by atoms with Crippen LogP contribution in [0.3, 0.4) is 0 Å². The van der Waals surface area contributed by atoms with E-state index in [1.807, 2.05) is 0 Å². The summed E-state index contributed by atoms with van der Waals surface area (Å²) in [6.07, 6.45) is 3.22. The predicted molar refractivity (Wildman–Crippen MR) is 121 cm³/mol. The van der Waals surface area contributed by atoms with Gasteiger partial charge < -0.3 is 10.6 Å². The van der Waals surface area contributed by atoms with Gasteiger partial charge in [-0.05, 0) is 49.2 Å². The second-order valence-corrected chi connectivity index (χ2v) is 8.46. The standard InChI is InChI=1S/C23H17Cl2FN4O2/c24-15-3-1-4-16(25)19(15)21-20-17(5-2-6-18(20)31)29-22-14(11-27-30(21)22)23(32)28-13-9-7-12(26)8-10-13/h1,3-4,7-11,21,29H,2,5-6H2,(H,28,32). The Bertz CT molecular complexity index is 1260. The first-order valence-corrected chi connectivity index (χ1v) is 10.8. The van der Waals surface area contributed by atoms with Crippen LogP contribution in [0.25, 0.3) is 0 Å². The van der Waals surface area contributed by atoms with Crippen molar-refractivity contribution in [3.8, 4) is 0 Å². The summed E-state index contributed by atoms with van der Waals surface area (Å²) in [7, 11) is 0. The van der Waals surface area contributed by atoms with Crippen LogP contribution in [-0.2, 0) is 4.79 Å². The number of ketones is 1. The first-order valence-electron chi connectivity index (χ1n) is 10.1. The minimum absolute atomic E-state index is 0.00167. The van der Waals surface area contributed by atoms with E-state index < -0.39 is 17.8 Å². The lowest BCUT2D eigenvalue weighted by Gasteiger charge is -2.34. The molecule has 2 heterocycles. The molecule has 9 heteroatoms. The number of hydrogen-bond donors (Lipinski definition) is 2. The molecule has 1 amide bonds. The summed E-state index contributed by atoms with van der Waals surface area (Å²) in [6, 6.07) is 9.99. The number of Topliss-reactive ketones (excluding diaryl/α,β-unsaturated/α-hetero) is 1. The summed E-state index contributed by atoms with van der Waals surface area (Å²) in [5, 5.41) is 11.2. The molecule has 0 spiro atoms. The van der Waals surface area contributed by atoms with Gasteiger partial charge in [0.25, 0.3) is 5.91 Å². The third kappa shape index (κ3) is 3.47. The molecule has 0 saturated carbocycles. The van der Waals surface area contributed by atoms with E-state index in [2.05, 4.69) is 15.7 Å². The van der Waals surface area contributed by atoms with Crippen LogP contribution in [-0.4, -0.2) is 21.5 Å². The second-order valence-electron chi connectivity index (χ2n) is 7.64. The maximum atomic E-state index is 13.2. The lowest BCUT2D eigenvalue weighted by atomic mass is 9.85. The zero-order chi connectivity index (χ0) is 22.4. The normalized spacial score (nSPS) is 17.5. The molecule has 1 aliphatic heterocycles. The third-order valence-corrected chi connectivity index (χ3v) is 6.32. The summed E-state index contributed by atoms with van der Waals surface area (Å²) in [5.41, 5.74) is 2.60. The molecule has 6 nitrogen and oxygen atoms in total. The molecular formula is C23H17Cl2FN4O2. The average Bonchev–Trinajstić information content (AvgIpc) is 3.19. The molecule has 2 N–H and O–H groups in total. The van der Waals surface area contributed by atoms with Crippen molar-refractivity contribution in [2.75, 3.05) is 10.6 Å². The Morgan fingerprint density at radius 2 is 1.84 bits per heavy atom. The number of carbonyl (C=O) groups excluding carboxylic acids is 2. The van der Waals surface area contributed by atoms with E-state index in [4.69, 9.17) is 23.2 Å². The Hall–Kier alpha value is -3.16. The van der Waals surface area contributed by atoms with Crippen molar-refractivity contribution in [2.45, 2.75) is 25.3 Å². The Balaban J connectivity index is 1.61. The molecule has 0 saturated heterocycles. The van der Waals surface area contributed by atoms with Crippen LogP contribution in [0.2, 0.25) is 10.0 Å². The highest BCUT2D eigenvalue weighted by Crippen LogP contribution is 2.45. The fourth-order valence-corrected chi connectivity index (χ4v) is 4.80. The summed E-state index contributed by atoms with van der Waals surface area (Å²) in [4.78, 5) is 25.9. The van der Waals surface area contributed by atoms with E-state index in [9.17, 15) is 14.0 Å². The molecule has 0 radical (unpaired) electrons. The highest BCUT2D eigenvalue weighted by Gasteiger charge is 2.39. The predicted octanol–water partition coefficient (Wildman–Crippen LogP) is 5.60. The SMILES string of the molecule is O=C1CCCC2=C1C(c1c(Cl)cccc1Cl)n1ncc(C(=O)Nc3ccc(F)cc3)c1N2. The second kappa shape index (κ2) is 8.07. The van der Waals surface area contributed by atoms with E-state index in [1.54, 1.807) is 22.9 Å². The number of carbonyl (C=O) groups is 2. The molecule has 32 heavy (non-hydrogen) atoms. The van der Waals surface area contributed by atoms with Gasteiger partial charge in [-0.1, -0.05) is 29.3 Å². The van der Waals surface area contributed by atoms with Crippen molar-refractivity contribution in [1.82, 2.24) is 9.78 Å². The number of rotatable bonds is 3. The quantitative estimate of drug-likeness (QED) is 0.521. The van der Waals surface area contributed by atoms with Gasteiger partial charge in [-0.2, -0.15) is 5.10 Å². The highest BCUT2D eigenvalue weighted by atomic mass is 35.5. The summed E-state index contributed by atoms with van der Waals surface area (Å²) in [6.45, 7) is 0. The van der Waals surface area contributed by atoms with E-state index in [0.29, 0.717) is 51.9 Å². The van der Waals surface area contributed by atoms with Crippen LogP contribution < -0.4 is 10.6 Å². The number of nitrogens with one attached hydrogen (secondary N) is 2. The van der Waals surface area contributed by atoms with Gasteiger partial charge in [0.05, 0.1) is 6.20 Å². The molecule has 1 aliphatic carbocycles. The van der Waals surface area contributed by atoms with Crippen LogP contribution >= 0.6 is 23.2 Å². The van der Waals surface area contributed by atoms with Crippen molar-refractivity contribution in [3.05, 3.63) is 86.9 Å². The Kier molecular flexibility index (Phi) is 5.23. The van der Waals surface area contributed by atoms with E-state index >= 15 is 0 Å². The molecule has 0 bridgehead atoms. The van der Waals surface area contributed by atoms with Gasteiger partial charge >= 0.3 is 0 Å². The van der Waals surface area contributed by atoms with Crippen LogP contribution in [0.4, 0.5) is 15.9 Å². The van der Waals surface area contributed by atoms with Crippen LogP contribution in [0.5, 0.6) is 0 Å². The molecule has 3 aromatic rings. The first kappa shape index (κ1) is 20.7. The van der Waals surface area contributed by atoms with Crippen molar-refractivity contribution in [1.29, 1.82) is 0 Å². The molecule has 0 fully saturated rings. The Morgan fingerprint density at radius 3 is 2.56 bits per heavy atom. The number of fused-ring (bicyclic) bond motifs is 1. The summed E-state index contributed by atoms with van der Waals surface area (Å²) < 4.78 is 14.8. The van der Waals surface area contributed by atoms with Crippen molar-refractivity contribution >= 4 is 46.4 Å². The van der Waals surface area contributed by atoms with Gasteiger partial charge in [0, 0.05) is 39.0 Å². The highest BCUT2D eigenvalue weighted by molar-refractivity contribution is 6.36. The maximum Gasteiger partial charge on any atom is 0.261 e. The largest absolute Gasteiger partial charge is 0.343 e. The Morgan fingerprint density at radius 1 is 1.12 bits per heavy atom. The van der Waals surface area contributed by atoms with Crippen LogP contribution in [0, 0.1) is 5.82 Å². The van der Waals surface area contributed by atoms with Gasteiger partial charge in [-0.15, -0.1) is 0 Å². The molecule has 1 aromatic heterocycles. The molecule has 1 unspecified atom stereocenters. The molecule has 2 aliphatic rings. The van der Waals surface area contributed by atoms with Gasteiger partial charge in [0.2, 0.25) is 0 Å². The van der Waals surface area contributed by atoms with Gasteiger partial charge in [-0.25, -0.2) is 9.07 Å². The van der Waals surface area contributed by atoms with Crippen LogP contribution in [0.1, 0.15) is 41.2 Å². The Labute approximate surface area is 193 Å². The maximum absolute atomic E-state index is 13.2. The van der Waals surface area contributed by atoms with Crippen molar-refractivity contribution < 1.29 is 14.0 Å². The number of nitrogens with zero attached hydrogens (tertiary/aromatic N) is 2. The van der Waals surface area contributed by atoms with E-state index in [-0.39, 0.29) is 11.3 Å². The fraction of sp³-hybridized carbons (Fsp3) is 0.174. The number of allylic oxidation sites excluding steroid dienone is 2. The monoisotopic (exact) mass is 470 g/mol. The number of anilines is 2. The number of amides is 1. The van der Waals surface area contributed by atoms with E-state index in [1.165, 1.54) is 30.5 Å². The van der Waals surface area contributed by atoms with Crippen molar-refractivity contribution in [2.24, 2.45) is 0 Å². The summed E-state index contributed by atoms with van der Waals surface area (Å²) >= 11 is 13.0. The lowest BCUT2D eigenvalue weighted by Crippen LogP contribution is -2.32. The number of halogens is 3. The zero-order valence-electron chi connectivity index (χ0n) is 16.7. The van der Waals surface area contributed by atoms with Crippen molar-refractivity contribution in [3.63, 3.8) is 0 Å². The molecule has 2 aromatic carbocycles. The number of hydrogen-bond acceptors (Lipinski definition) is 4. The molecule has 1 atom stereocenters. The van der Waals surface area contributed by atoms with E-state index in [0.717, 1.165) is 5.70 Å². The zero-order valence-corrected chi connectivity index (χ0v) is 18.2. The minimum Gasteiger partial charge on any atom is -0.343 e. The summed E-state index contributed by atoms with van der Waals surface area (Å²) in [5.74, 6) is -0.369. The molecule has 162 valence electrons. The number of benzene rings is 2. The first-order chi connectivity index (χ1) is 15.4. The fourth-order valence-electron chi connectivity index (χ4n) is 4.19. The van der Waals surface area contributed by atoms with Crippen LogP contribution in [0.15, 0.2) is 59.9 Å². The van der Waals surface area contributed by atoms with Gasteiger partial charge in [-0.3, -0.25) is 9.59 Å². The smallest absolute Gasteiger partial charge is 0.261 e. The molecular weight excluding hydrogens is 454 g/mol. The third-order valence-electron chi connectivity index (χ3n) is 5.66. The minimum atomic E-state index is -0.650. The molecule has 5 rings (SSSR count). The topological polar surface area (TPSA) is 76.0 Å². The van der Waals surface area contributed by atoms with Gasteiger partial charge in [0.15, 0.2) is 5.78 Å². The average molecular weight is 471 g/mol. The number of aromatic nitrogens is 2.